The predicted octanol–water partition coefficient (Wildman–Crippen LogP) is 4.23. The van der Waals surface area contributed by atoms with Gasteiger partial charge in [-0.3, -0.25) is 24.2 Å². The molecular formula is C27H25N3O4S. The van der Waals surface area contributed by atoms with Crippen LogP contribution >= 0.6 is 11.8 Å². The third-order valence-electron chi connectivity index (χ3n) is 6.34. The van der Waals surface area contributed by atoms with Crippen LogP contribution in [0.4, 0.5) is 17.1 Å². The molecule has 0 radical (unpaired) electrons. The molecule has 1 atom stereocenters. The van der Waals surface area contributed by atoms with Gasteiger partial charge in [-0.1, -0.05) is 36.4 Å². The normalized spacial score (nSPS) is 18.8. The van der Waals surface area contributed by atoms with Gasteiger partial charge in [0.25, 0.3) is 5.91 Å². The molecule has 2 aliphatic rings. The number of hydrogen-bond acceptors (Lipinski definition) is 5. The number of para-hydroxylation sites is 1. The molecule has 1 saturated heterocycles. The Balaban J connectivity index is 1.52. The molecule has 8 heteroatoms. The molecule has 3 aromatic rings. The van der Waals surface area contributed by atoms with Gasteiger partial charge in [0.05, 0.1) is 18.6 Å². The quantitative estimate of drug-likeness (QED) is 0.583. The van der Waals surface area contributed by atoms with Gasteiger partial charge in [-0.2, -0.15) is 0 Å². The van der Waals surface area contributed by atoms with Gasteiger partial charge in [-0.25, -0.2) is 0 Å². The second-order valence-electron chi connectivity index (χ2n) is 8.64. The lowest BCUT2D eigenvalue weighted by molar-refractivity contribution is -0.124. The SMILES string of the molecule is COc1cccc(N2C(=O)CS[C@@]23C(=O)N(CC(=O)Nc2cc(C)ccc2C)c2ccccc23)c1. The summed E-state index contributed by atoms with van der Waals surface area (Å²) in [6.45, 7) is 3.72. The number of nitrogens with one attached hydrogen (secondary N) is 1. The monoisotopic (exact) mass is 487 g/mol. The Morgan fingerprint density at radius 1 is 1.06 bits per heavy atom. The van der Waals surface area contributed by atoms with Gasteiger partial charge in [0.1, 0.15) is 12.3 Å². The Morgan fingerprint density at radius 2 is 1.86 bits per heavy atom. The van der Waals surface area contributed by atoms with Gasteiger partial charge in [0, 0.05) is 23.0 Å². The highest BCUT2D eigenvalue weighted by Gasteiger charge is 2.61. The lowest BCUT2D eigenvalue weighted by Crippen LogP contribution is -2.50. The molecule has 0 unspecified atom stereocenters. The van der Waals surface area contributed by atoms with Gasteiger partial charge in [-0.15, -0.1) is 11.8 Å². The number of carbonyl (C=O) groups is 3. The highest BCUT2D eigenvalue weighted by molar-refractivity contribution is 8.02. The number of hydrogen-bond donors (Lipinski definition) is 1. The van der Waals surface area contributed by atoms with Crippen LogP contribution in [-0.2, 0) is 19.3 Å². The fourth-order valence-corrected chi connectivity index (χ4v) is 6.03. The van der Waals surface area contributed by atoms with Gasteiger partial charge >= 0.3 is 0 Å². The van der Waals surface area contributed by atoms with Gasteiger partial charge in [0.15, 0.2) is 0 Å². The van der Waals surface area contributed by atoms with E-state index >= 15 is 0 Å². The van der Waals surface area contributed by atoms with Crippen molar-refractivity contribution in [3.05, 3.63) is 83.4 Å². The van der Waals surface area contributed by atoms with Crippen LogP contribution in [-0.4, -0.2) is 37.1 Å². The maximum atomic E-state index is 14.1. The number of anilines is 3. The minimum absolute atomic E-state index is 0.153. The summed E-state index contributed by atoms with van der Waals surface area (Å²) in [4.78, 5) is 42.1. The highest BCUT2D eigenvalue weighted by atomic mass is 32.2. The van der Waals surface area contributed by atoms with E-state index in [0.29, 0.717) is 28.4 Å². The molecule has 2 aliphatic heterocycles. The Kier molecular flexibility index (Phi) is 5.76. The summed E-state index contributed by atoms with van der Waals surface area (Å²) in [5.41, 5.74) is 4.58. The number of fused-ring (bicyclic) bond motifs is 2. The van der Waals surface area contributed by atoms with E-state index < -0.39 is 4.87 Å². The third kappa shape index (κ3) is 3.74. The van der Waals surface area contributed by atoms with E-state index in [2.05, 4.69) is 5.32 Å². The van der Waals surface area contributed by atoms with Crippen molar-refractivity contribution in [2.24, 2.45) is 0 Å². The summed E-state index contributed by atoms with van der Waals surface area (Å²) >= 11 is 1.28. The van der Waals surface area contributed by atoms with Crippen molar-refractivity contribution >= 4 is 46.5 Å². The number of benzene rings is 3. The summed E-state index contributed by atoms with van der Waals surface area (Å²) < 4.78 is 5.35. The number of aryl methyl sites for hydroxylation is 2. The van der Waals surface area contributed by atoms with Crippen molar-refractivity contribution < 1.29 is 19.1 Å². The largest absolute Gasteiger partial charge is 0.497 e. The van der Waals surface area contributed by atoms with Gasteiger partial charge in [-0.05, 0) is 49.2 Å². The Labute approximate surface area is 208 Å². The Hall–Kier alpha value is -3.78. The fourth-order valence-electron chi connectivity index (χ4n) is 4.67. The van der Waals surface area contributed by atoms with Crippen LogP contribution in [0.15, 0.2) is 66.7 Å². The third-order valence-corrected chi connectivity index (χ3v) is 7.73. The van der Waals surface area contributed by atoms with Crippen LogP contribution in [0.25, 0.3) is 0 Å². The zero-order valence-corrected chi connectivity index (χ0v) is 20.5. The van der Waals surface area contributed by atoms with E-state index in [1.165, 1.54) is 16.7 Å². The molecular weight excluding hydrogens is 462 g/mol. The number of thioether (sulfide) groups is 1. The van der Waals surface area contributed by atoms with Crippen molar-refractivity contribution in [1.29, 1.82) is 0 Å². The van der Waals surface area contributed by atoms with Crippen LogP contribution in [0.2, 0.25) is 0 Å². The van der Waals surface area contributed by atoms with Gasteiger partial charge < -0.3 is 10.1 Å². The maximum absolute atomic E-state index is 14.1. The lowest BCUT2D eigenvalue weighted by Gasteiger charge is -2.33. The first kappa shape index (κ1) is 23.0. The standard InChI is InChI=1S/C27H25N3O4S/c1-17-11-12-18(2)22(13-17)28-24(31)15-29-23-10-5-4-9-21(23)27(26(29)33)30(25(32)16-35-27)19-7-6-8-20(14-19)34-3/h4-14H,15-16H2,1-3H3,(H,28,31)/t27-/m0/s1. The molecule has 1 N–H and O–H groups in total. The van der Waals surface area contributed by atoms with E-state index in [0.717, 1.165) is 11.1 Å². The van der Waals surface area contributed by atoms with Gasteiger partial charge in [0.2, 0.25) is 16.7 Å². The average Bonchev–Trinajstić information content (AvgIpc) is 3.32. The Morgan fingerprint density at radius 3 is 2.66 bits per heavy atom. The molecule has 3 amide bonds. The minimum Gasteiger partial charge on any atom is -0.497 e. The maximum Gasteiger partial charge on any atom is 0.269 e. The second-order valence-corrected chi connectivity index (χ2v) is 9.81. The van der Waals surface area contributed by atoms with Crippen LogP contribution in [0, 0.1) is 13.8 Å². The summed E-state index contributed by atoms with van der Waals surface area (Å²) in [7, 11) is 1.56. The Bertz CT molecular complexity index is 1360. The van der Waals surface area contributed by atoms with Crippen molar-refractivity contribution in [3.8, 4) is 5.75 Å². The number of carbonyl (C=O) groups excluding carboxylic acids is 3. The highest BCUT2D eigenvalue weighted by Crippen LogP contribution is 2.55. The van der Waals surface area contributed by atoms with Crippen LogP contribution in [0.3, 0.4) is 0 Å². The van der Waals surface area contributed by atoms with Crippen LogP contribution in [0.1, 0.15) is 16.7 Å². The molecule has 0 aliphatic carbocycles. The van der Waals surface area contributed by atoms with E-state index in [1.54, 1.807) is 36.3 Å². The summed E-state index contributed by atoms with van der Waals surface area (Å²) in [6, 6.07) is 20.3. The zero-order valence-electron chi connectivity index (χ0n) is 19.7. The molecule has 5 rings (SSSR count). The van der Waals surface area contributed by atoms with E-state index in [-0.39, 0.29) is 30.0 Å². The molecule has 1 fully saturated rings. The number of rotatable bonds is 5. The lowest BCUT2D eigenvalue weighted by atomic mass is 10.0. The van der Waals surface area contributed by atoms with Crippen LogP contribution in [0.5, 0.6) is 5.75 Å². The summed E-state index contributed by atoms with van der Waals surface area (Å²) in [6.07, 6.45) is 0. The molecule has 0 saturated carbocycles. The number of nitrogens with zero attached hydrogens (tertiary/aromatic N) is 2. The second kappa shape index (κ2) is 8.78. The molecule has 0 bridgehead atoms. The van der Waals surface area contributed by atoms with Crippen molar-refractivity contribution in [2.45, 2.75) is 18.7 Å². The molecule has 3 aromatic carbocycles. The average molecular weight is 488 g/mol. The minimum atomic E-state index is -1.28. The molecule has 1 spiro atoms. The van der Waals surface area contributed by atoms with Crippen LogP contribution < -0.4 is 19.9 Å². The molecule has 2 heterocycles. The summed E-state index contributed by atoms with van der Waals surface area (Å²) in [5, 5.41) is 2.94. The van der Waals surface area contributed by atoms with Crippen molar-refractivity contribution in [2.75, 3.05) is 34.5 Å². The van der Waals surface area contributed by atoms with Crippen molar-refractivity contribution in [1.82, 2.24) is 0 Å². The summed E-state index contributed by atoms with van der Waals surface area (Å²) in [5.74, 6) is -0.0478. The number of methoxy groups -OCH3 is 1. The van der Waals surface area contributed by atoms with E-state index in [4.69, 9.17) is 4.74 Å². The first-order valence-corrected chi connectivity index (χ1v) is 12.2. The zero-order chi connectivity index (χ0) is 24.7. The first-order chi connectivity index (χ1) is 16.8. The molecule has 35 heavy (non-hydrogen) atoms. The predicted molar refractivity (Wildman–Crippen MR) is 138 cm³/mol. The smallest absolute Gasteiger partial charge is 0.269 e. The van der Waals surface area contributed by atoms with E-state index in [1.807, 2.05) is 56.3 Å². The van der Waals surface area contributed by atoms with Crippen molar-refractivity contribution in [3.63, 3.8) is 0 Å². The molecule has 178 valence electrons. The molecule has 7 nitrogen and oxygen atoms in total. The topological polar surface area (TPSA) is 79.0 Å². The first-order valence-electron chi connectivity index (χ1n) is 11.2. The number of amides is 3. The molecule has 0 aromatic heterocycles. The van der Waals surface area contributed by atoms with E-state index in [9.17, 15) is 14.4 Å². The number of ether oxygens (including phenoxy) is 1. The fraction of sp³-hybridized carbons (Fsp3) is 0.222.